The Morgan fingerprint density at radius 3 is 2.79 bits per heavy atom. The highest BCUT2D eigenvalue weighted by atomic mass is 16.5. The Kier molecular flexibility index (Phi) is 4.61. The van der Waals surface area contributed by atoms with Gasteiger partial charge < -0.3 is 10.5 Å². The molecule has 1 unspecified atom stereocenters. The Balaban J connectivity index is 1.93. The van der Waals surface area contributed by atoms with Crippen LogP contribution in [0.25, 0.3) is 0 Å². The minimum atomic E-state index is 0.125. The Bertz CT molecular complexity index is 417. The maximum absolute atomic E-state index is 6.34. The van der Waals surface area contributed by atoms with E-state index < -0.39 is 0 Å². The van der Waals surface area contributed by atoms with E-state index >= 15 is 0 Å². The van der Waals surface area contributed by atoms with E-state index in [9.17, 15) is 0 Å². The molecule has 1 aliphatic rings. The lowest BCUT2D eigenvalue weighted by molar-refractivity contribution is -0.0517. The lowest BCUT2D eigenvalue weighted by Crippen LogP contribution is -2.53. The summed E-state index contributed by atoms with van der Waals surface area (Å²) in [7, 11) is 0. The van der Waals surface area contributed by atoms with Crippen LogP contribution in [-0.2, 0) is 4.74 Å². The van der Waals surface area contributed by atoms with Crippen LogP contribution < -0.4 is 5.73 Å². The summed E-state index contributed by atoms with van der Waals surface area (Å²) in [6.45, 7) is 10.3. The monoisotopic (exact) mass is 262 g/mol. The standard InChI is InChI=1S/C16H26N2O/c1-13-6-4-5-7-14(13)15(17)8-9-18-10-11-19-12-16(18,2)3/h4-7,15H,8-12,17H2,1-3H3. The fourth-order valence-corrected chi connectivity index (χ4v) is 2.76. The van der Waals surface area contributed by atoms with Crippen molar-refractivity contribution in [3.8, 4) is 0 Å². The van der Waals surface area contributed by atoms with Crippen molar-refractivity contribution in [2.45, 2.75) is 38.8 Å². The largest absolute Gasteiger partial charge is 0.378 e. The average Bonchev–Trinajstić information content (AvgIpc) is 2.37. The average molecular weight is 262 g/mol. The molecule has 106 valence electrons. The number of hydrogen-bond acceptors (Lipinski definition) is 3. The van der Waals surface area contributed by atoms with Crippen molar-refractivity contribution in [1.29, 1.82) is 0 Å². The van der Waals surface area contributed by atoms with E-state index in [4.69, 9.17) is 10.5 Å². The molecule has 2 N–H and O–H groups in total. The molecular weight excluding hydrogens is 236 g/mol. The summed E-state index contributed by atoms with van der Waals surface area (Å²) >= 11 is 0. The van der Waals surface area contributed by atoms with Gasteiger partial charge in [-0.3, -0.25) is 4.90 Å². The van der Waals surface area contributed by atoms with Gasteiger partial charge in [0.05, 0.1) is 13.2 Å². The highest BCUT2D eigenvalue weighted by Crippen LogP contribution is 2.23. The summed E-state index contributed by atoms with van der Waals surface area (Å²) in [5.74, 6) is 0. The van der Waals surface area contributed by atoms with Gasteiger partial charge in [-0.15, -0.1) is 0 Å². The maximum Gasteiger partial charge on any atom is 0.0645 e. The summed E-state index contributed by atoms with van der Waals surface area (Å²) in [6.07, 6.45) is 0.994. The predicted molar refractivity (Wildman–Crippen MR) is 79.2 cm³/mol. The molecule has 0 bridgehead atoms. The van der Waals surface area contributed by atoms with Gasteiger partial charge in [-0.25, -0.2) is 0 Å². The number of morpholine rings is 1. The minimum absolute atomic E-state index is 0.125. The highest BCUT2D eigenvalue weighted by Gasteiger charge is 2.30. The molecule has 1 fully saturated rings. The molecule has 0 radical (unpaired) electrons. The number of ether oxygens (including phenoxy) is 1. The third-order valence-electron chi connectivity index (χ3n) is 4.11. The van der Waals surface area contributed by atoms with Crippen molar-refractivity contribution in [3.05, 3.63) is 35.4 Å². The zero-order valence-corrected chi connectivity index (χ0v) is 12.4. The van der Waals surface area contributed by atoms with Gasteiger partial charge in [-0.2, -0.15) is 0 Å². The number of rotatable bonds is 4. The zero-order chi connectivity index (χ0) is 13.9. The van der Waals surface area contributed by atoms with E-state index in [-0.39, 0.29) is 11.6 Å². The molecule has 3 nitrogen and oxygen atoms in total. The van der Waals surface area contributed by atoms with Crippen LogP contribution >= 0.6 is 0 Å². The normalized spacial score (nSPS) is 21.3. The zero-order valence-electron chi connectivity index (χ0n) is 12.4. The van der Waals surface area contributed by atoms with E-state index in [2.05, 4.69) is 49.9 Å². The van der Waals surface area contributed by atoms with Gasteiger partial charge in [0.15, 0.2) is 0 Å². The molecule has 0 aromatic heterocycles. The van der Waals surface area contributed by atoms with E-state index in [0.717, 1.165) is 32.7 Å². The second-order valence-electron chi connectivity index (χ2n) is 6.10. The molecule has 1 saturated heterocycles. The van der Waals surface area contributed by atoms with Gasteiger partial charge in [0.25, 0.3) is 0 Å². The Morgan fingerprint density at radius 1 is 1.37 bits per heavy atom. The second kappa shape index (κ2) is 6.04. The number of hydrogen-bond donors (Lipinski definition) is 1. The fourth-order valence-electron chi connectivity index (χ4n) is 2.76. The van der Waals surface area contributed by atoms with Crippen LogP contribution in [0, 0.1) is 6.92 Å². The number of aryl methyl sites for hydroxylation is 1. The first-order chi connectivity index (χ1) is 9.00. The first-order valence-corrected chi connectivity index (χ1v) is 7.14. The summed E-state index contributed by atoms with van der Waals surface area (Å²) in [5.41, 5.74) is 9.03. The third kappa shape index (κ3) is 3.56. The molecule has 1 aromatic carbocycles. The van der Waals surface area contributed by atoms with Crippen LogP contribution in [0.1, 0.15) is 37.4 Å². The van der Waals surface area contributed by atoms with Gasteiger partial charge in [0.2, 0.25) is 0 Å². The maximum atomic E-state index is 6.34. The number of benzene rings is 1. The smallest absolute Gasteiger partial charge is 0.0645 e. The SMILES string of the molecule is Cc1ccccc1C(N)CCN1CCOCC1(C)C. The molecule has 3 heteroatoms. The van der Waals surface area contributed by atoms with Crippen LogP contribution in [0.4, 0.5) is 0 Å². The topological polar surface area (TPSA) is 38.5 Å². The van der Waals surface area contributed by atoms with Crippen LogP contribution in [-0.4, -0.2) is 36.7 Å². The van der Waals surface area contributed by atoms with Gasteiger partial charge >= 0.3 is 0 Å². The molecule has 1 aromatic rings. The summed E-state index contributed by atoms with van der Waals surface area (Å²) in [4.78, 5) is 2.49. The van der Waals surface area contributed by atoms with Gasteiger partial charge in [0.1, 0.15) is 0 Å². The predicted octanol–water partition coefficient (Wildman–Crippen LogP) is 2.50. The van der Waals surface area contributed by atoms with E-state index in [1.165, 1.54) is 11.1 Å². The van der Waals surface area contributed by atoms with Crippen molar-refractivity contribution in [3.63, 3.8) is 0 Å². The summed E-state index contributed by atoms with van der Waals surface area (Å²) < 4.78 is 5.55. The fraction of sp³-hybridized carbons (Fsp3) is 0.625. The molecule has 1 atom stereocenters. The van der Waals surface area contributed by atoms with E-state index in [1.807, 2.05) is 0 Å². The molecule has 0 saturated carbocycles. The van der Waals surface area contributed by atoms with Crippen molar-refractivity contribution < 1.29 is 4.74 Å². The molecule has 2 rings (SSSR count). The third-order valence-corrected chi connectivity index (χ3v) is 4.11. The van der Waals surface area contributed by atoms with Crippen molar-refractivity contribution >= 4 is 0 Å². The molecule has 0 amide bonds. The summed E-state index contributed by atoms with van der Waals surface area (Å²) in [6, 6.07) is 8.54. The Hall–Kier alpha value is -0.900. The van der Waals surface area contributed by atoms with Crippen LogP contribution in [0.15, 0.2) is 24.3 Å². The number of nitrogens with two attached hydrogens (primary N) is 1. The van der Waals surface area contributed by atoms with Crippen LogP contribution in [0.3, 0.4) is 0 Å². The first-order valence-electron chi connectivity index (χ1n) is 7.14. The molecule has 1 aliphatic heterocycles. The van der Waals surface area contributed by atoms with Crippen molar-refractivity contribution in [2.24, 2.45) is 5.73 Å². The van der Waals surface area contributed by atoms with E-state index in [1.54, 1.807) is 0 Å². The molecule has 0 aliphatic carbocycles. The van der Waals surface area contributed by atoms with Crippen LogP contribution in [0.2, 0.25) is 0 Å². The Morgan fingerprint density at radius 2 is 2.11 bits per heavy atom. The second-order valence-corrected chi connectivity index (χ2v) is 6.10. The number of nitrogens with zero attached hydrogens (tertiary/aromatic N) is 1. The van der Waals surface area contributed by atoms with Crippen LogP contribution in [0.5, 0.6) is 0 Å². The van der Waals surface area contributed by atoms with Gasteiger partial charge in [0, 0.05) is 24.7 Å². The minimum Gasteiger partial charge on any atom is -0.378 e. The lowest BCUT2D eigenvalue weighted by Gasteiger charge is -2.42. The molecule has 19 heavy (non-hydrogen) atoms. The lowest BCUT2D eigenvalue weighted by atomic mass is 9.97. The molecule has 1 heterocycles. The van der Waals surface area contributed by atoms with Gasteiger partial charge in [-0.05, 0) is 38.3 Å². The van der Waals surface area contributed by atoms with Gasteiger partial charge in [-0.1, -0.05) is 24.3 Å². The Labute approximate surface area is 116 Å². The van der Waals surface area contributed by atoms with Crippen molar-refractivity contribution in [2.75, 3.05) is 26.3 Å². The van der Waals surface area contributed by atoms with Crippen molar-refractivity contribution in [1.82, 2.24) is 4.90 Å². The highest BCUT2D eigenvalue weighted by molar-refractivity contribution is 5.28. The molecular formula is C16H26N2O. The van der Waals surface area contributed by atoms with E-state index in [0.29, 0.717) is 0 Å². The molecule has 0 spiro atoms. The summed E-state index contributed by atoms with van der Waals surface area (Å²) in [5, 5.41) is 0. The first kappa shape index (κ1) is 14.5. The quantitative estimate of drug-likeness (QED) is 0.906.